The average Bonchev–Trinajstić information content (AvgIpc) is 2.89. The van der Waals surface area contributed by atoms with Gasteiger partial charge in [-0.05, 0) is 29.7 Å². The fourth-order valence-corrected chi connectivity index (χ4v) is 4.01. The van der Waals surface area contributed by atoms with Crippen LogP contribution >= 0.6 is 0 Å². The highest BCUT2D eigenvalue weighted by atomic mass is 16.5. The second-order valence-corrected chi connectivity index (χ2v) is 7.83. The summed E-state index contributed by atoms with van der Waals surface area (Å²) in [5.41, 5.74) is 9.24. The molecular formula is C27H22N4O4. The van der Waals surface area contributed by atoms with Crippen molar-refractivity contribution in [3.63, 3.8) is 0 Å². The summed E-state index contributed by atoms with van der Waals surface area (Å²) in [6, 6.07) is 14.9. The van der Waals surface area contributed by atoms with Gasteiger partial charge in [-0.2, -0.15) is 0 Å². The second-order valence-electron chi connectivity index (χ2n) is 7.83. The van der Waals surface area contributed by atoms with Crippen LogP contribution in [0.2, 0.25) is 0 Å². The molecule has 0 aliphatic rings. The molecule has 3 aromatic heterocycles. The molecule has 0 spiro atoms. The molecule has 8 nitrogen and oxygen atoms in total. The zero-order valence-electron chi connectivity index (χ0n) is 19.2. The van der Waals surface area contributed by atoms with Gasteiger partial charge < -0.3 is 24.7 Å². The van der Waals surface area contributed by atoms with Crippen LogP contribution in [0.4, 0.5) is 5.82 Å². The number of aldehydes is 1. The summed E-state index contributed by atoms with van der Waals surface area (Å²) in [6.45, 7) is 0. The van der Waals surface area contributed by atoms with E-state index in [-0.39, 0.29) is 6.42 Å². The van der Waals surface area contributed by atoms with Gasteiger partial charge in [-0.25, -0.2) is 4.98 Å². The Kier molecular flexibility index (Phi) is 5.85. The van der Waals surface area contributed by atoms with Gasteiger partial charge in [-0.15, -0.1) is 0 Å². The molecule has 0 aliphatic heterocycles. The Labute approximate surface area is 201 Å². The molecule has 0 amide bonds. The van der Waals surface area contributed by atoms with Crippen LogP contribution < -0.4 is 19.9 Å². The molecule has 174 valence electrons. The fourth-order valence-electron chi connectivity index (χ4n) is 4.01. The zero-order chi connectivity index (χ0) is 24.4. The maximum absolute atomic E-state index is 11.0. The predicted molar refractivity (Wildman–Crippen MR) is 134 cm³/mol. The third kappa shape index (κ3) is 4.17. The number of fused-ring (bicyclic) bond motifs is 3. The van der Waals surface area contributed by atoms with Crippen molar-refractivity contribution in [2.45, 2.75) is 6.42 Å². The van der Waals surface area contributed by atoms with Crippen molar-refractivity contribution in [1.82, 2.24) is 15.0 Å². The lowest BCUT2D eigenvalue weighted by atomic mass is 10.0. The lowest BCUT2D eigenvalue weighted by molar-refractivity contribution is -0.107. The van der Waals surface area contributed by atoms with Crippen molar-refractivity contribution in [2.75, 3.05) is 20.0 Å². The van der Waals surface area contributed by atoms with Crippen molar-refractivity contribution < 1.29 is 19.0 Å². The van der Waals surface area contributed by atoms with E-state index in [9.17, 15) is 4.79 Å². The number of pyridine rings is 3. The molecule has 8 heteroatoms. The maximum Gasteiger partial charge on any atom is 0.162 e. The average molecular weight is 466 g/mol. The lowest BCUT2D eigenvalue weighted by Crippen LogP contribution is -1.98. The van der Waals surface area contributed by atoms with Crippen LogP contribution in [0.3, 0.4) is 0 Å². The summed E-state index contributed by atoms with van der Waals surface area (Å²) < 4.78 is 17.0. The van der Waals surface area contributed by atoms with Crippen LogP contribution in [0.1, 0.15) is 5.56 Å². The minimum Gasteiger partial charge on any atom is -0.493 e. The van der Waals surface area contributed by atoms with Crippen molar-refractivity contribution >= 4 is 33.8 Å². The van der Waals surface area contributed by atoms with Gasteiger partial charge in [0.1, 0.15) is 23.6 Å². The number of carbonyl (C=O) groups excluding carboxylic acids is 1. The highest BCUT2D eigenvalue weighted by Gasteiger charge is 2.14. The Morgan fingerprint density at radius 3 is 2.49 bits per heavy atom. The van der Waals surface area contributed by atoms with Crippen LogP contribution in [0, 0.1) is 0 Å². The lowest BCUT2D eigenvalue weighted by Gasteiger charge is -2.13. The SMILES string of the molecule is COc1cc2ncc3c(N)nc(-c4cncc(Oc5ccccc5CC=O)c4)cc3c2cc1OC. The number of ether oxygens (including phenoxy) is 3. The Balaban J connectivity index is 1.61. The summed E-state index contributed by atoms with van der Waals surface area (Å²) >= 11 is 0. The van der Waals surface area contributed by atoms with Gasteiger partial charge in [0.05, 0.1) is 31.6 Å². The van der Waals surface area contributed by atoms with E-state index in [0.29, 0.717) is 34.5 Å². The van der Waals surface area contributed by atoms with Crippen LogP contribution in [-0.2, 0) is 11.2 Å². The first-order valence-corrected chi connectivity index (χ1v) is 10.9. The molecule has 0 radical (unpaired) electrons. The molecule has 0 fully saturated rings. The first-order chi connectivity index (χ1) is 17.1. The number of aromatic nitrogens is 3. The quantitative estimate of drug-likeness (QED) is 0.264. The summed E-state index contributed by atoms with van der Waals surface area (Å²) in [5, 5.41) is 2.47. The minimum absolute atomic E-state index is 0.265. The highest BCUT2D eigenvalue weighted by molar-refractivity contribution is 6.10. The van der Waals surface area contributed by atoms with E-state index in [1.807, 2.05) is 48.5 Å². The van der Waals surface area contributed by atoms with Gasteiger partial charge in [0.15, 0.2) is 11.5 Å². The zero-order valence-corrected chi connectivity index (χ0v) is 19.2. The van der Waals surface area contributed by atoms with Gasteiger partial charge in [-0.3, -0.25) is 9.97 Å². The van der Waals surface area contributed by atoms with E-state index in [0.717, 1.165) is 39.1 Å². The minimum atomic E-state index is 0.265. The van der Waals surface area contributed by atoms with Crippen molar-refractivity contribution in [1.29, 1.82) is 0 Å². The van der Waals surface area contributed by atoms with Gasteiger partial charge in [0.25, 0.3) is 0 Å². The standard InChI is InChI=1S/C27H22N4O4/c1-33-25-11-20-19-10-22(31-27(28)21(19)15-30-23(20)12-26(25)34-2)17-9-18(14-29-13-17)35-24-6-4-3-5-16(24)7-8-32/h3-6,8-15H,7H2,1-2H3,(H2,28,31). The predicted octanol–water partition coefficient (Wildman–Crippen LogP) is 4.98. The first kappa shape index (κ1) is 22.1. The van der Waals surface area contributed by atoms with Gasteiger partial charge in [0.2, 0.25) is 0 Å². The second kappa shape index (κ2) is 9.26. The van der Waals surface area contributed by atoms with E-state index in [1.54, 1.807) is 32.8 Å². The molecular weight excluding hydrogens is 444 g/mol. The summed E-state index contributed by atoms with van der Waals surface area (Å²) in [6.07, 6.45) is 6.13. The Morgan fingerprint density at radius 2 is 1.69 bits per heavy atom. The van der Waals surface area contributed by atoms with E-state index >= 15 is 0 Å². The van der Waals surface area contributed by atoms with Crippen LogP contribution in [0.25, 0.3) is 32.9 Å². The molecule has 2 aromatic carbocycles. The number of benzene rings is 2. The van der Waals surface area contributed by atoms with Crippen LogP contribution in [0.5, 0.6) is 23.0 Å². The fraction of sp³-hybridized carbons (Fsp3) is 0.111. The van der Waals surface area contributed by atoms with Crippen molar-refractivity contribution in [3.05, 3.63) is 72.7 Å². The monoisotopic (exact) mass is 466 g/mol. The third-order valence-corrected chi connectivity index (χ3v) is 5.73. The third-order valence-electron chi connectivity index (χ3n) is 5.73. The molecule has 0 bridgehead atoms. The van der Waals surface area contributed by atoms with E-state index in [4.69, 9.17) is 19.9 Å². The number of rotatable bonds is 7. The van der Waals surface area contributed by atoms with E-state index in [1.165, 1.54) is 0 Å². The molecule has 0 saturated heterocycles. The maximum atomic E-state index is 11.0. The number of hydrogen-bond donors (Lipinski definition) is 1. The van der Waals surface area contributed by atoms with Gasteiger partial charge in [-0.1, -0.05) is 18.2 Å². The number of hydrogen-bond acceptors (Lipinski definition) is 8. The molecule has 5 rings (SSSR count). The van der Waals surface area contributed by atoms with E-state index < -0.39 is 0 Å². The Hall–Kier alpha value is -4.72. The molecule has 3 heterocycles. The van der Waals surface area contributed by atoms with E-state index in [2.05, 4.69) is 15.0 Å². The largest absolute Gasteiger partial charge is 0.493 e. The Morgan fingerprint density at radius 1 is 0.886 bits per heavy atom. The topological polar surface area (TPSA) is 109 Å². The van der Waals surface area contributed by atoms with Gasteiger partial charge >= 0.3 is 0 Å². The van der Waals surface area contributed by atoms with Crippen LogP contribution in [0.15, 0.2) is 67.1 Å². The van der Waals surface area contributed by atoms with Crippen molar-refractivity contribution in [3.8, 4) is 34.3 Å². The molecule has 2 N–H and O–H groups in total. The number of carbonyl (C=O) groups is 1. The molecule has 0 atom stereocenters. The molecule has 0 aliphatic carbocycles. The summed E-state index contributed by atoms with van der Waals surface area (Å²) in [7, 11) is 3.18. The van der Waals surface area contributed by atoms with Gasteiger partial charge in [0, 0.05) is 46.8 Å². The molecule has 5 aromatic rings. The molecule has 0 saturated carbocycles. The Bertz CT molecular complexity index is 1570. The number of nitrogens with zero attached hydrogens (tertiary/aromatic N) is 3. The van der Waals surface area contributed by atoms with Crippen molar-refractivity contribution in [2.24, 2.45) is 0 Å². The summed E-state index contributed by atoms with van der Waals surface area (Å²) in [5.74, 6) is 2.66. The number of nitrogens with two attached hydrogens (primary N) is 1. The highest BCUT2D eigenvalue weighted by Crippen LogP contribution is 2.37. The number of para-hydroxylation sites is 1. The molecule has 35 heavy (non-hydrogen) atoms. The molecule has 0 unspecified atom stereocenters. The smallest absolute Gasteiger partial charge is 0.162 e. The normalized spacial score (nSPS) is 10.9. The first-order valence-electron chi connectivity index (χ1n) is 10.9. The number of anilines is 1. The summed E-state index contributed by atoms with van der Waals surface area (Å²) in [4.78, 5) is 24.5. The number of methoxy groups -OCH3 is 2. The number of nitrogen functional groups attached to an aromatic ring is 1. The van der Waals surface area contributed by atoms with Crippen LogP contribution in [-0.4, -0.2) is 35.5 Å².